The normalized spacial score (nSPS) is 14.6. The number of ether oxygens (including phenoxy) is 2. The quantitative estimate of drug-likeness (QED) is 0.659. The van der Waals surface area contributed by atoms with Crippen LogP contribution in [-0.2, 0) is 19.4 Å². The van der Waals surface area contributed by atoms with Crippen LogP contribution in [0.25, 0.3) is 10.2 Å². The first-order chi connectivity index (χ1) is 13.7. The Morgan fingerprint density at radius 2 is 1.89 bits per heavy atom. The molecule has 1 aromatic carbocycles. The summed E-state index contributed by atoms with van der Waals surface area (Å²) >= 11 is 1.63. The molecule has 0 saturated carbocycles. The van der Waals surface area contributed by atoms with E-state index in [4.69, 9.17) is 9.47 Å². The van der Waals surface area contributed by atoms with Crippen LogP contribution in [0.5, 0.6) is 11.5 Å². The fraction of sp³-hybridized carbons (Fsp3) is 0.429. The van der Waals surface area contributed by atoms with Gasteiger partial charge in [-0.1, -0.05) is 0 Å². The summed E-state index contributed by atoms with van der Waals surface area (Å²) in [5, 5.41) is 11.1. The Morgan fingerprint density at radius 3 is 2.64 bits per heavy atom. The predicted octanol–water partition coefficient (Wildman–Crippen LogP) is 3.18. The summed E-state index contributed by atoms with van der Waals surface area (Å²) in [6.45, 7) is 2.80. The van der Waals surface area contributed by atoms with Crippen molar-refractivity contribution in [3.63, 3.8) is 0 Å². The number of aliphatic hydroxyl groups is 1. The van der Waals surface area contributed by atoms with Gasteiger partial charge in [0.05, 0.1) is 24.9 Å². The van der Waals surface area contributed by atoms with Gasteiger partial charge in [-0.05, 0) is 62.4 Å². The van der Waals surface area contributed by atoms with Crippen LogP contribution in [0, 0.1) is 0 Å². The SMILES string of the molecule is CCOc1ccc(OCC(O)Cn2cnc3sc4c(c3c2=O)CCCC4)cc1. The second kappa shape index (κ2) is 8.32. The lowest BCUT2D eigenvalue weighted by molar-refractivity contribution is 0.0914. The van der Waals surface area contributed by atoms with Crippen molar-refractivity contribution in [2.24, 2.45) is 0 Å². The topological polar surface area (TPSA) is 73.6 Å². The van der Waals surface area contributed by atoms with E-state index in [1.807, 2.05) is 19.1 Å². The molecule has 0 bridgehead atoms. The highest BCUT2D eigenvalue weighted by Gasteiger charge is 2.20. The molecule has 4 rings (SSSR count). The Kier molecular flexibility index (Phi) is 5.64. The van der Waals surface area contributed by atoms with Gasteiger partial charge in [0, 0.05) is 4.88 Å². The van der Waals surface area contributed by atoms with E-state index in [9.17, 15) is 9.90 Å². The number of thiophene rings is 1. The number of aromatic nitrogens is 2. The van der Waals surface area contributed by atoms with Crippen LogP contribution in [0.2, 0.25) is 0 Å². The molecule has 0 saturated heterocycles. The molecule has 0 spiro atoms. The van der Waals surface area contributed by atoms with Crippen molar-refractivity contribution in [3.05, 3.63) is 51.4 Å². The third-order valence-electron chi connectivity index (χ3n) is 4.93. The molecule has 1 N–H and O–H groups in total. The molecule has 2 aromatic heterocycles. The zero-order valence-corrected chi connectivity index (χ0v) is 16.7. The Morgan fingerprint density at radius 1 is 1.18 bits per heavy atom. The number of fused-ring (bicyclic) bond motifs is 3. The maximum absolute atomic E-state index is 12.9. The lowest BCUT2D eigenvalue weighted by atomic mass is 9.97. The van der Waals surface area contributed by atoms with Gasteiger partial charge in [-0.15, -0.1) is 11.3 Å². The lowest BCUT2D eigenvalue weighted by Crippen LogP contribution is -2.30. The van der Waals surface area contributed by atoms with Gasteiger partial charge in [-0.2, -0.15) is 0 Å². The van der Waals surface area contributed by atoms with Gasteiger partial charge in [-0.25, -0.2) is 4.98 Å². The molecule has 0 amide bonds. The highest BCUT2D eigenvalue weighted by Crippen LogP contribution is 2.33. The molecule has 3 aromatic rings. The summed E-state index contributed by atoms with van der Waals surface area (Å²) in [5.41, 5.74) is 1.10. The third-order valence-corrected chi connectivity index (χ3v) is 6.13. The minimum Gasteiger partial charge on any atom is -0.494 e. The Labute approximate surface area is 167 Å². The van der Waals surface area contributed by atoms with Crippen molar-refractivity contribution in [1.29, 1.82) is 0 Å². The molecular formula is C21H24N2O4S. The molecule has 1 aliphatic carbocycles. The van der Waals surface area contributed by atoms with Gasteiger partial charge in [0.15, 0.2) is 0 Å². The number of rotatable bonds is 7. The first kappa shape index (κ1) is 19.0. The molecule has 1 aliphatic rings. The number of benzene rings is 1. The molecule has 0 fully saturated rings. The minimum absolute atomic E-state index is 0.0653. The van der Waals surface area contributed by atoms with Crippen molar-refractivity contribution in [1.82, 2.24) is 9.55 Å². The summed E-state index contributed by atoms with van der Waals surface area (Å²) in [6.07, 6.45) is 5.00. The van der Waals surface area contributed by atoms with Crippen molar-refractivity contribution < 1.29 is 14.6 Å². The van der Waals surface area contributed by atoms with E-state index >= 15 is 0 Å². The molecular weight excluding hydrogens is 376 g/mol. The Hall–Kier alpha value is -2.38. The van der Waals surface area contributed by atoms with Crippen LogP contribution in [0.3, 0.4) is 0 Å². The Bertz CT molecular complexity index is 1010. The number of hydrogen-bond donors (Lipinski definition) is 1. The molecule has 6 nitrogen and oxygen atoms in total. The molecule has 148 valence electrons. The van der Waals surface area contributed by atoms with Gasteiger partial charge in [0.2, 0.25) is 0 Å². The first-order valence-electron chi connectivity index (χ1n) is 9.69. The fourth-order valence-corrected chi connectivity index (χ4v) is 4.80. The van der Waals surface area contributed by atoms with E-state index < -0.39 is 6.10 Å². The molecule has 2 heterocycles. The van der Waals surface area contributed by atoms with E-state index in [0.29, 0.717) is 12.4 Å². The number of aryl methyl sites for hydroxylation is 2. The molecule has 1 atom stereocenters. The van der Waals surface area contributed by atoms with Crippen LogP contribution in [-0.4, -0.2) is 34.0 Å². The second-order valence-corrected chi connectivity index (χ2v) is 8.05. The first-order valence-corrected chi connectivity index (χ1v) is 10.5. The minimum atomic E-state index is -0.807. The largest absolute Gasteiger partial charge is 0.494 e. The Balaban J connectivity index is 1.44. The maximum atomic E-state index is 12.9. The number of aliphatic hydroxyl groups excluding tert-OH is 1. The van der Waals surface area contributed by atoms with E-state index in [1.54, 1.807) is 23.5 Å². The molecule has 7 heteroatoms. The molecule has 0 aliphatic heterocycles. The van der Waals surface area contributed by atoms with E-state index in [2.05, 4.69) is 4.98 Å². The highest BCUT2D eigenvalue weighted by atomic mass is 32.1. The summed E-state index contributed by atoms with van der Waals surface area (Å²) < 4.78 is 12.5. The molecule has 1 unspecified atom stereocenters. The third kappa shape index (κ3) is 3.91. The highest BCUT2D eigenvalue weighted by molar-refractivity contribution is 7.18. The molecule has 28 heavy (non-hydrogen) atoms. The predicted molar refractivity (Wildman–Crippen MR) is 110 cm³/mol. The van der Waals surface area contributed by atoms with Gasteiger partial charge in [0.25, 0.3) is 5.56 Å². The number of nitrogens with zero attached hydrogens (tertiary/aromatic N) is 2. The van der Waals surface area contributed by atoms with Crippen LogP contribution in [0.15, 0.2) is 35.4 Å². The smallest absolute Gasteiger partial charge is 0.262 e. The van der Waals surface area contributed by atoms with E-state index in [0.717, 1.165) is 35.2 Å². The average molecular weight is 401 g/mol. The second-order valence-electron chi connectivity index (χ2n) is 6.96. The van der Waals surface area contributed by atoms with Crippen molar-refractivity contribution in [3.8, 4) is 11.5 Å². The van der Waals surface area contributed by atoms with Crippen LogP contribution in [0.4, 0.5) is 0 Å². The zero-order chi connectivity index (χ0) is 19.5. The standard InChI is InChI=1S/C21H24N2O4S/c1-2-26-15-7-9-16(10-8-15)27-12-14(24)11-23-13-22-20-19(21(23)25)17-5-3-4-6-18(17)28-20/h7-10,13-14,24H,2-6,11-12H2,1H3. The van der Waals surface area contributed by atoms with Gasteiger partial charge in [0.1, 0.15) is 29.0 Å². The molecule has 0 radical (unpaired) electrons. The van der Waals surface area contributed by atoms with Crippen molar-refractivity contribution >= 4 is 21.6 Å². The van der Waals surface area contributed by atoms with Crippen molar-refractivity contribution in [2.75, 3.05) is 13.2 Å². The zero-order valence-electron chi connectivity index (χ0n) is 15.9. The number of hydrogen-bond acceptors (Lipinski definition) is 6. The summed E-state index contributed by atoms with van der Waals surface area (Å²) in [7, 11) is 0. The average Bonchev–Trinajstić information content (AvgIpc) is 3.09. The van der Waals surface area contributed by atoms with E-state index in [-0.39, 0.29) is 18.7 Å². The van der Waals surface area contributed by atoms with Gasteiger partial charge >= 0.3 is 0 Å². The van der Waals surface area contributed by atoms with Crippen LogP contribution < -0.4 is 15.0 Å². The van der Waals surface area contributed by atoms with Crippen molar-refractivity contribution in [2.45, 2.75) is 45.3 Å². The van der Waals surface area contributed by atoms with Gasteiger partial charge in [-0.3, -0.25) is 9.36 Å². The van der Waals surface area contributed by atoms with Crippen LogP contribution in [0.1, 0.15) is 30.2 Å². The maximum Gasteiger partial charge on any atom is 0.262 e. The van der Waals surface area contributed by atoms with E-state index in [1.165, 1.54) is 27.8 Å². The van der Waals surface area contributed by atoms with Crippen LogP contribution >= 0.6 is 11.3 Å². The summed E-state index contributed by atoms with van der Waals surface area (Å²) in [4.78, 5) is 19.5. The van der Waals surface area contributed by atoms with Gasteiger partial charge < -0.3 is 14.6 Å². The lowest BCUT2D eigenvalue weighted by Gasteiger charge is -2.14. The fourth-order valence-electron chi connectivity index (χ4n) is 3.58. The summed E-state index contributed by atoms with van der Waals surface area (Å²) in [5.74, 6) is 1.43. The summed E-state index contributed by atoms with van der Waals surface area (Å²) in [6, 6.07) is 7.25. The monoisotopic (exact) mass is 400 g/mol.